The van der Waals surface area contributed by atoms with E-state index >= 15 is 0 Å². The molecule has 0 spiro atoms. The Morgan fingerprint density at radius 2 is 1.92 bits per heavy atom. The van der Waals surface area contributed by atoms with Crippen LogP contribution in [0.2, 0.25) is 0 Å². The van der Waals surface area contributed by atoms with E-state index in [1.165, 1.54) is 6.20 Å². The zero-order chi connectivity index (χ0) is 25.9. The van der Waals surface area contributed by atoms with Gasteiger partial charge in [0.1, 0.15) is 23.7 Å². The van der Waals surface area contributed by atoms with Gasteiger partial charge in [0.25, 0.3) is 5.91 Å². The van der Waals surface area contributed by atoms with Gasteiger partial charge in [-0.15, -0.1) is 0 Å². The van der Waals surface area contributed by atoms with Gasteiger partial charge in [-0.3, -0.25) is 13.9 Å². The number of rotatable bonds is 9. The maximum atomic E-state index is 13.2. The van der Waals surface area contributed by atoms with Crippen molar-refractivity contribution in [3.63, 3.8) is 0 Å². The lowest BCUT2D eigenvalue weighted by Crippen LogP contribution is -2.14. The van der Waals surface area contributed by atoms with Crippen LogP contribution in [0.5, 0.6) is 5.75 Å². The lowest BCUT2D eigenvalue weighted by atomic mass is 10.0. The largest absolute Gasteiger partial charge is 0.491 e. The fourth-order valence-corrected chi connectivity index (χ4v) is 4.24. The first-order valence-electron chi connectivity index (χ1n) is 11.6. The van der Waals surface area contributed by atoms with Crippen LogP contribution in [0.1, 0.15) is 32.0 Å². The summed E-state index contributed by atoms with van der Waals surface area (Å²) in [7, 11) is 1.61. The van der Waals surface area contributed by atoms with E-state index < -0.39 is 5.97 Å². The Balaban J connectivity index is 1.38. The third-order valence-corrected chi connectivity index (χ3v) is 6.21. The summed E-state index contributed by atoms with van der Waals surface area (Å²) in [5, 5.41) is 17.7. The Morgan fingerprint density at radius 3 is 2.73 bits per heavy atom. The Bertz CT molecular complexity index is 1620. The monoisotopic (exact) mass is 499 g/mol. The maximum Gasteiger partial charge on any atom is 0.335 e. The number of carboxylic acids is 1. The highest BCUT2D eigenvalue weighted by atomic mass is 16.5. The second-order valence-electron chi connectivity index (χ2n) is 8.46. The van der Waals surface area contributed by atoms with Crippen LogP contribution < -0.4 is 10.1 Å². The molecule has 1 amide bonds. The molecule has 0 fully saturated rings. The summed E-state index contributed by atoms with van der Waals surface area (Å²) in [5.74, 6) is -0.633. The third-order valence-electron chi connectivity index (χ3n) is 6.21. The highest BCUT2D eigenvalue weighted by Crippen LogP contribution is 2.26. The number of anilines is 1. The second-order valence-corrected chi connectivity index (χ2v) is 8.46. The predicted molar refractivity (Wildman–Crippen MR) is 137 cm³/mol. The lowest BCUT2D eigenvalue weighted by molar-refractivity contribution is 0.0695. The van der Waals surface area contributed by atoms with Gasteiger partial charge in [0, 0.05) is 24.8 Å². The van der Waals surface area contributed by atoms with E-state index in [1.807, 2.05) is 24.3 Å². The highest BCUT2D eigenvalue weighted by Gasteiger charge is 2.16. The van der Waals surface area contributed by atoms with Crippen molar-refractivity contribution in [3.05, 3.63) is 89.5 Å². The zero-order valence-electron chi connectivity index (χ0n) is 20.3. The first-order valence-corrected chi connectivity index (χ1v) is 11.6. The van der Waals surface area contributed by atoms with Gasteiger partial charge in [-0.25, -0.2) is 9.78 Å². The van der Waals surface area contributed by atoms with Gasteiger partial charge in [0.05, 0.1) is 42.3 Å². The van der Waals surface area contributed by atoms with E-state index in [4.69, 9.17) is 9.47 Å². The minimum atomic E-state index is -0.961. The van der Waals surface area contributed by atoms with Gasteiger partial charge in [0.15, 0.2) is 0 Å². The average molecular weight is 500 g/mol. The molecule has 37 heavy (non-hydrogen) atoms. The van der Waals surface area contributed by atoms with Gasteiger partial charge in [0.2, 0.25) is 0 Å². The van der Waals surface area contributed by atoms with E-state index in [2.05, 4.69) is 15.4 Å². The number of methoxy groups -OCH3 is 1. The van der Waals surface area contributed by atoms with Crippen LogP contribution in [0.4, 0.5) is 5.69 Å². The van der Waals surface area contributed by atoms with Crippen molar-refractivity contribution in [1.82, 2.24) is 19.2 Å². The standard InChI is InChI=1S/C27H25N5O5/c1-17-18(5-3-6-20(17)27(34)35)16-32-23-8-4-7-22(21(23)14-29-32)30-26(33)24-15-28-25-13-19(9-10-31(24)25)37-12-11-36-2/h3-10,13-15H,11-12,16H2,1-2H3,(H,30,33)(H,34,35). The van der Waals surface area contributed by atoms with Crippen LogP contribution in [-0.4, -0.2) is 56.5 Å². The number of imidazole rings is 1. The van der Waals surface area contributed by atoms with Crippen LogP contribution in [0.15, 0.2) is 67.1 Å². The van der Waals surface area contributed by atoms with E-state index in [1.54, 1.807) is 59.8 Å². The van der Waals surface area contributed by atoms with Crippen LogP contribution >= 0.6 is 0 Å². The van der Waals surface area contributed by atoms with Crippen molar-refractivity contribution in [3.8, 4) is 5.75 Å². The minimum Gasteiger partial charge on any atom is -0.491 e. The molecule has 2 aromatic carbocycles. The van der Waals surface area contributed by atoms with Gasteiger partial charge >= 0.3 is 5.97 Å². The number of pyridine rings is 1. The quantitative estimate of drug-likeness (QED) is 0.294. The molecule has 5 aromatic rings. The molecule has 10 heteroatoms. The minimum absolute atomic E-state index is 0.267. The molecule has 0 radical (unpaired) electrons. The number of aromatic nitrogens is 4. The number of carboxylic acid groups (broad SMARTS) is 1. The van der Waals surface area contributed by atoms with E-state index in [0.717, 1.165) is 16.5 Å². The number of aromatic carboxylic acids is 1. The Labute approximate surface area is 212 Å². The summed E-state index contributed by atoms with van der Waals surface area (Å²) in [5.41, 5.74) is 4.21. The Kier molecular flexibility index (Phi) is 6.57. The van der Waals surface area contributed by atoms with E-state index in [9.17, 15) is 14.7 Å². The molecule has 0 bridgehead atoms. The van der Waals surface area contributed by atoms with Crippen molar-refractivity contribution in [1.29, 1.82) is 0 Å². The molecule has 0 saturated heterocycles. The number of fused-ring (bicyclic) bond motifs is 2. The number of nitrogens with zero attached hydrogens (tertiary/aromatic N) is 4. The topological polar surface area (TPSA) is 120 Å². The molecule has 10 nitrogen and oxygen atoms in total. The second kappa shape index (κ2) is 10.1. The summed E-state index contributed by atoms with van der Waals surface area (Å²) < 4.78 is 14.1. The van der Waals surface area contributed by atoms with Crippen molar-refractivity contribution in [2.45, 2.75) is 13.5 Å². The van der Waals surface area contributed by atoms with Crippen LogP contribution in [-0.2, 0) is 11.3 Å². The third kappa shape index (κ3) is 4.74. The van der Waals surface area contributed by atoms with Gasteiger partial charge in [-0.2, -0.15) is 5.10 Å². The smallest absolute Gasteiger partial charge is 0.335 e. The molecule has 0 aliphatic carbocycles. The Hall–Kier alpha value is -4.70. The summed E-state index contributed by atoms with van der Waals surface area (Å²) in [6, 6.07) is 14.3. The van der Waals surface area contributed by atoms with Crippen LogP contribution in [0.25, 0.3) is 16.6 Å². The van der Waals surface area contributed by atoms with Crippen LogP contribution in [0, 0.1) is 6.92 Å². The van der Waals surface area contributed by atoms with Crippen molar-refractivity contribution >= 4 is 34.1 Å². The molecule has 0 saturated carbocycles. The number of benzene rings is 2. The molecule has 188 valence electrons. The summed E-state index contributed by atoms with van der Waals surface area (Å²) in [6.07, 6.45) is 4.95. The molecular formula is C27H25N5O5. The number of hydrogen-bond acceptors (Lipinski definition) is 6. The molecule has 0 aliphatic heterocycles. The molecule has 0 atom stereocenters. The zero-order valence-corrected chi connectivity index (χ0v) is 20.3. The summed E-state index contributed by atoms with van der Waals surface area (Å²) in [4.78, 5) is 29.0. The molecule has 3 heterocycles. The first kappa shape index (κ1) is 24.0. The number of carbonyl (C=O) groups excluding carboxylic acids is 1. The summed E-state index contributed by atoms with van der Waals surface area (Å²) in [6.45, 7) is 3.09. The number of nitrogens with one attached hydrogen (secondary N) is 1. The fraction of sp³-hybridized carbons (Fsp3) is 0.185. The van der Waals surface area contributed by atoms with Crippen molar-refractivity contribution < 1.29 is 24.2 Å². The van der Waals surface area contributed by atoms with Crippen LogP contribution in [0.3, 0.4) is 0 Å². The predicted octanol–water partition coefficient (Wildman–Crippen LogP) is 4.02. The SMILES string of the molecule is COCCOc1ccn2c(C(=O)Nc3cccc4c3cnn4Cc3cccc(C(=O)O)c3C)cnc2c1. The van der Waals surface area contributed by atoms with Crippen molar-refractivity contribution in [2.75, 3.05) is 25.6 Å². The van der Waals surface area contributed by atoms with E-state index in [-0.39, 0.29) is 11.5 Å². The molecule has 2 N–H and O–H groups in total. The first-order chi connectivity index (χ1) is 18.0. The van der Waals surface area contributed by atoms with Gasteiger partial charge in [-0.1, -0.05) is 18.2 Å². The average Bonchev–Trinajstić information content (AvgIpc) is 3.50. The lowest BCUT2D eigenvalue weighted by Gasteiger charge is -2.11. The number of amides is 1. The molecule has 0 unspecified atom stereocenters. The normalized spacial score (nSPS) is 11.2. The van der Waals surface area contributed by atoms with Gasteiger partial charge in [-0.05, 0) is 42.3 Å². The van der Waals surface area contributed by atoms with Gasteiger partial charge < -0.3 is 19.9 Å². The number of ether oxygens (including phenoxy) is 2. The van der Waals surface area contributed by atoms with Crippen molar-refractivity contribution in [2.24, 2.45) is 0 Å². The highest BCUT2D eigenvalue weighted by molar-refractivity contribution is 6.08. The molecule has 0 aliphatic rings. The molecule has 5 rings (SSSR count). The number of hydrogen-bond donors (Lipinski definition) is 2. The van der Waals surface area contributed by atoms with E-state index in [0.29, 0.717) is 48.1 Å². The molecular weight excluding hydrogens is 474 g/mol. The molecule has 3 aromatic heterocycles. The maximum absolute atomic E-state index is 13.2. The number of carbonyl (C=O) groups is 2. The fourth-order valence-electron chi connectivity index (χ4n) is 4.24. The Morgan fingerprint density at radius 1 is 1.08 bits per heavy atom. The summed E-state index contributed by atoms with van der Waals surface area (Å²) >= 11 is 0.